The Hall–Kier alpha value is -1.95. The molecule has 3 rings (SSSR count). The molecule has 5 nitrogen and oxygen atoms in total. The molecule has 1 fully saturated rings. The third-order valence-electron chi connectivity index (χ3n) is 3.17. The molecule has 0 atom stereocenters. The Kier molecular flexibility index (Phi) is 3.64. The van der Waals surface area contributed by atoms with Crippen LogP contribution in [0.4, 0.5) is 4.39 Å². The SMILES string of the molecule is CCOc1ccc(-n2cc(CNC3CC3)nn2)cc1F. The summed E-state index contributed by atoms with van der Waals surface area (Å²) in [6, 6.07) is 5.40. The highest BCUT2D eigenvalue weighted by Crippen LogP contribution is 2.21. The van der Waals surface area contributed by atoms with E-state index < -0.39 is 5.82 Å². The minimum Gasteiger partial charge on any atom is -0.491 e. The molecule has 0 radical (unpaired) electrons. The summed E-state index contributed by atoms with van der Waals surface area (Å²) >= 11 is 0. The molecule has 0 saturated heterocycles. The van der Waals surface area contributed by atoms with E-state index in [0.717, 1.165) is 5.69 Å². The minimum atomic E-state index is -0.391. The highest BCUT2D eigenvalue weighted by molar-refractivity contribution is 5.38. The van der Waals surface area contributed by atoms with Crippen molar-refractivity contribution in [2.24, 2.45) is 0 Å². The zero-order chi connectivity index (χ0) is 13.9. The maximum Gasteiger partial charge on any atom is 0.167 e. The fourth-order valence-corrected chi connectivity index (χ4v) is 1.95. The van der Waals surface area contributed by atoms with Gasteiger partial charge in [0.25, 0.3) is 0 Å². The van der Waals surface area contributed by atoms with Crippen LogP contribution in [0.25, 0.3) is 5.69 Å². The number of rotatable bonds is 6. The number of halogens is 1. The topological polar surface area (TPSA) is 52.0 Å². The molecule has 1 aromatic carbocycles. The number of aromatic nitrogens is 3. The highest BCUT2D eigenvalue weighted by atomic mass is 19.1. The van der Waals surface area contributed by atoms with Crippen LogP contribution in [0.3, 0.4) is 0 Å². The van der Waals surface area contributed by atoms with Crippen molar-refractivity contribution in [3.8, 4) is 11.4 Å². The molecule has 2 aromatic rings. The van der Waals surface area contributed by atoms with Crippen LogP contribution in [0.1, 0.15) is 25.5 Å². The summed E-state index contributed by atoms with van der Waals surface area (Å²) < 4.78 is 20.5. The maximum absolute atomic E-state index is 13.8. The molecule has 1 aromatic heterocycles. The number of hydrogen-bond acceptors (Lipinski definition) is 4. The minimum absolute atomic E-state index is 0.256. The van der Waals surface area contributed by atoms with Crippen molar-refractivity contribution in [3.63, 3.8) is 0 Å². The predicted octanol–water partition coefficient (Wildman–Crippen LogP) is 2.06. The second-order valence-electron chi connectivity index (χ2n) is 4.86. The van der Waals surface area contributed by atoms with Gasteiger partial charge < -0.3 is 10.1 Å². The molecule has 1 aliphatic carbocycles. The van der Waals surface area contributed by atoms with Gasteiger partial charge in [0, 0.05) is 18.7 Å². The lowest BCUT2D eigenvalue weighted by molar-refractivity contribution is 0.321. The fourth-order valence-electron chi connectivity index (χ4n) is 1.95. The van der Waals surface area contributed by atoms with Gasteiger partial charge in [0.2, 0.25) is 0 Å². The standard InChI is InChI=1S/C14H17FN4O/c1-2-20-14-6-5-12(7-13(14)15)19-9-11(17-18-19)8-16-10-3-4-10/h5-7,9-10,16H,2-4,8H2,1H3. The van der Waals surface area contributed by atoms with Crippen LogP contribution in [-0.2, 0) is 6.54 Å². The average Bonchev–Trinajstić information content (AvgIpc) is 3.16. The molecule has 0 spiro atoms. The van der Waals surface area contributed by atoms with Gasteiger partial charge >= 0.3 is 0 Å². The van der Waals surface area contributed by atoms with Crippen LogP contribution in [0.15, 0.2) is 24.4 Å². The van der Waals surface area contributed by atoms with Gasteiger partial charge in [-0.2, -0.15) is 0 Å². The lowest BCUT2D eigenvalue weighted by Crippen LogP contribution is -2.15. The third-order valence-corrected chi connectivity index (χ3v) is 3.17. The molecule has 106 valence electrons. The van der Waals surface area contributed by atoms with Crippen LogP contribution in [0.2, 0.25) is 0 Å². The first-order chi connectivity index (χ1) is 9.76. The van der Waals surface area contributed by atoms with Crippen LogP contribution in [0, 0.1) is 5.82 Å². The molecule has 1 N–H and O–H groups in total. The molecular formula is C14H17FN4O. The smallest absolute Gasteiger partial charge is 0.167 e. The van der Waals surface area contributed by atoms with E-state index in [1.807, 2.05) is 13.1 Å². The number of ether oxygens (including phenoxy) is 1. The molecule has 0 amide bonds. The first-order valence-corrected chi connectivity index (χ1v) is 6.83. The maximum atomic E-state index is 13.8. The van der Waals surface area contributed by atoms with Crippen molar-refractivity contribution >= 4 is 0 Å². The fraction of sp³-hybridized carbons (Fsp3) is 0.429. The summed E-state index contributed by atoms with van der Waals surface area (Å²) in [5, 5.41) is 11.5. The molecule has 1 saturated carbocycles. The molecule has 1 heterocycles. The Morgan fingerprint density at radius 3 is 3.00 bits per heavy atom. The van der Waals surface area contributed by atoms with Crippen LogP contribution in [-0.4, -0.2) is 27.6 Å². The molecule has 0 aliphatic heterocycles. The Labute approximate surface area is 116 Å². The molecule has 20 heavy (non-hydrogen) atoms. The summed E-state index contributed by atoms with van der Waals surface area (Å²) in [6.07, 6.45) is 4.28. The van der Waals surface area contributed by atoms with Crippen molar-refractivity contribution in [1.82, 2.24) is 20.3 Å². The van der Waals surface area contributed by atoms with Crippen LogP contribution < -0.4 is 10.1 Å². The van der Waals surface area contributed by atoms with Crippen molar-refractivity contribution in [3.05, 3.63) is 35.9 Å². The molecule has 1 aliphatic rings. The Morgan fingerprint density at radius 1 is 1.45 bits per heavy atom. The Bertz CT molecular complexity index is 595. The molecule has 0 bridgehead atoms. The molecule has 6 heteroatoms. The van der Waals surface area contributed by atoms with Gasteiger partial charge in [-0.3, -0.25) is 0 Å². The summed E-state index contributed by atoms with van der Waals surface area (Å²) in [5.41, 5.74) is 1.49. The van der Waals surface area contributed by atoms with E-state index in [2.05, 4.69) is 15.6 Å². The Morgan fingerprint density at radius 2 is 2.30 bits per heavy atom. The van der Waals surface area contributed by atoms with Gasteiger partial charge in [-0.05, 0) is 31.9 Å². The third kappa shape index (κ3) is 2.96. The van der Waals surface area contributed by atoms with E-state index in [1.165, 1.54) is 18.9 Å². The van der Waals surface area contributed by atoms with Crippen LogP contribution >= 0.6 is 0 Å². The second kappa shape index (κ2) is 5.58. The first kappa shape index (κ1) is 13.1. The van der Waals surface area contributed by atoms with Gasteiger partial charge in [0.1, 0.15) is 0 Å². The van der Waals surface area contributed by atoms with Gasteiger partial charge in [0.15, 0.2) is 11.6 Å². The monoisotopic (exact) mass is 276 g/mol. The Balaban J connectivity index is 1.72. The zero-order valence-electron chi connectivity index (χ0n) is 11.3. The lowest BCUT2D eigenvalue weighted by atomic mass is 10.3. The van der Waals surface area contributed by atoms with Crippen molar-refractivity contribution in [1.29, 1.82) is 0 Å². The van der Waals surface area contributed by atoms with Gasteiger partial charge in [-0.1, -0.05) is 5.21 Å². The predicted molar refractivity (Wildman–Crippen MR) is 72.3 cm³/mol. The van der Waals surface area contributed by atoms with E-state index in [1.54, 1.807) is 16.8 Å². The van der Waals surface area contributed by atoms with Gasteiger partial charge in [-0.15, -0.1) is 5.10 Å². The first-order valence-electron chi connectivity index (χ1n) is 6.83. The van der Waals surface area contributed by atoms with E-state index in [9.17, 15) is 4.39 Å². The normalized spacial score (nSPS) is 14.5. The number of benzene rings is 1. The number of nitrogens with zero attached hydrogens (tertiary/aromatic N) is 3. The second-order valence-corrected chi connectivity index (χ2v) is 4.86. The van der Waals surface area contributed by atoms with Crippen LogP contribution in [0.5, 0.6) is 5.75 Å². The van der Waals surface area contributed by atoms with Crippen molar-refractivity contribution in [2.75, 3.05) is 6.61 Å². The largest absolute Gasteiger partial charge is 0.491 e. The van der Waals surface area contributed by atoms with Crippen molar-refractivity contribution in [2.45, 2.75) is 32.4 Å². The van der Waals surface area contributed by atoms with Crippen molar-refractivity contribution < 1.29 is 9.13 Å². The van der Waals surface area contributed by atoms with E-state index in [4.69, 9.17) is 4.74 Å². The van der Waals surface area contributed by atoms with E-state index >= 15 is 0 Å². The molecular weight excluding hydrogens is 259 g/mol. The van der Waals surface area contributed by atoms with Gasteiger partial charge in [-0.25, -0.2) is 9.07 Å². The summed E-state index contributed by atoms with van der Waals surface area (Å²) in [7, 11) is 0. The summed E-state index contributed by atoms with van der Waals surface area (Å²) in [6.45, 7) is 2.96. The quantitative estimate of drug-likeness (QED) is 0.877. The lowest BCUT2D eigenvalue weighted by Gasteiger charge is -2.06. The van der Waals surface area contributed by atoms with Gasteiger partial charge in [0.05, 0.1) is 24.2 Å². The summed E-state index contributed by atoms with van der Waals surface area (Å²) in [5.74, 6) is -0.135. The summed E-state index contributed by atoms with van der Waals surface area (Å²) in [4.78, 5) is 0. The number of hydrogen-bond donors (Lipinski definition) is 1. The highest BCUT2D eigenvalue weighted by Gasteiger charge is 2.20. The zero-order valence-corrected chi connectivity index (χ0v) is 11.3. The molecule has 0 unspecified atom stereocenters. The number of nitrogens with one attached hydrogen (secondary N) is 1. The average molecular weight is 276 g/mol. The van der Waals surface area contributed by atoms with E-state index in [0.29, 0.717) is 24.9 Å². The van der Waals surface area contributed by atoms with E-state index in [-0.39, 0.29) is 5.75 Å².